The average molecular weight is 268 g/mol. The van der Waals surface area contributed by atoms with Crippen molar-refractivity contribution in [3.8, 4) is 0 Å². The van der Waals surface area contributed by atoms with Crippen molar-refractivity contribution in [3.63, 3.8) is 0 Å². The Morgan fingerprint density at radius 2 is 1.94 bits per heavy atom. The van der Waals surface area contributed by atoms with Crippen LogP contribution in [0.25, 0.3) is 0 Å². The molecule has 2 N–H and O–H groups in total. The monoisotopic (exact) mass is 268 g/mol. The van der Waals surface area contributed by atoms with E-state index < -0.39 is 11.7 Å². The molecule has 18 heavy (non-hydrogen) atoms. The summed E-state index contributed by atoms with van der Waals surface area (Å²) in [5.74, 6) is 0.686. The van der Waals surface area contributed by atoms with Crippen LogP contribution in [0.2, 0.25) is 0 Å². The van der Waals surface area contributed by atoms with Crippen molar-refractivity contribution in [1.29, 1.82) is 0 Å². The lowest BCUT2D eigenvalue weighted by Gasteiger charge is -2.38. The minimum Gasteiger partial charge on any atom is -0.390 e. The molecule has 1 atom stereocenters. The summed E-state index contributed by atoms with van der Waals surface area (Å²) in [6, 6.07) is 4.21. The zero-order valence-corrected chi connectivity index (χ0v) is 12.2. The summed E-state index contributed by atoms with van der Waals surface area (Å²) in [4.78, 5) is 2.54. The Kier molecular flexibility index (Phi) is 4.46. The molecule has 1 aliphatic carbocycles. The van der Waals surface area contributed by atoms with Crippen LogP contribution >= 0.6 is 11.3 Å². The van der Waals surface area contributed by atoms with Gasteiger partial charge in [-0.25, -0.2) is 0 Å². The van der Waals surface area contributed by atoms with Gasteiger partial charge in [-0.15, -0.1) is 11.3 Å². The quantitative estimate of drug-likeness (QED) is 0.880. The SMILES string of the molecule is CCc1ccc(CC(O)C2(O)CCC(C)CC2)s1. The predicted octanol–water partition coefficient (Wildman–Crippen LogP) is 3.16. The van der Waals surface area contributed by atoms with Crippen LogP contribution in [-0.4, -0.2) is 21.9 Å². The van der Waals surface area contributed by atoms with Gasteiger partial charge in [0.05, 0.1) is 11.7 Å². The van der Waals surface area contributed by atoms with Crippen LogP contribution in [0.3, 0.4) is 0 Å². The summed E-state index contributed by atoms with van der Waals surface area (Å²) < 4.78 is 0. The normalized spacial score (nSPS) is 30.3. The number of hydrogen-bond acceptors (Lipinski definition) is 3. The molecule has 0 radical (unpaired) electrons. The second-order valence-electron chi connectivity index (χ2n) is 5.73. The Morgan fingerprint density at radius 3 is 2.50 bits per heavy atom. The highest BCUT2D eigenvalue weighted by Gasteiger charge is 2.38. The minimum absolute atomic E-state index is 0.593. The maximum Gasteiger partial charge on any atom is 0.0909 e. The van der Waals surface area contributed by atoms with Crippen LogP contribution in [0.5, 0.6) is 0 Å². The summed E-state index contributed by atoms with van der Waals surface area (Å²) in [7, 11) is 0. The Labute approximate surface area is 114 Å². The van der Waals surface area contributed by atoms with Gasteiger partial charge in [0.25, 0.3) is 0 Å². The van der Waals surface area contributed by atoms with E-state index in [0.29, 0.717) is 12.3 Å². The molecule has 1 aromatic rings. The first-order chi connectivity index (χ1) is 8.53. The molecule has 0 amide bonds. The first-order valence-corrected chi connectivity index (χ1v) is 7.83. The lowest BCUT2D eigenvalue weighted by Crippen LogP contribution is -2.46. The van der Waals surface area contributed by atoms with E-state index in [9.17, 15) is 10.2 Å². The van der Waals surface area contributed by atoms with Crippen molar-refractivity contribution in [2.75, 3.05) is 0 Å². The zero-order valence-electron chi connectivity index (χ0n) is 11.4. The van der Waals surface area contributed by atoms with Crippen LogP contribution < -0.4 is 0 Å². The number of aryl methyl sites for hydroxylation is 1. The van der Waals surface area contributed by atoms with Crippen LogP contribution in [0.15, 0.2) is 12.1 Å². The smallest absolute Gasteiger partial charge is 0.0909 e. The minimum atomic E-state index is -0.858. The van der Waals surface area contributed by atoms with E-state index in [2.05, 4.69) is 26.0 Å². The number of aliphatic hydroxyl groups excluding tert-OH is 1. The van der Waals surface area contributed by atoms with E-state index >= 15 is 0 Å². The summed E-state index contributed by atoms with van der Waals surface area (Å²) in [6.07, 6.45) is 4.55. The molecular weight excluding hydrogens is 244 g/mol. The van der Waals surface area contributed by atoms with Crippen LogP contribution in [0, 0.1) is 5.92 Å². The Balaban J connectivity index is 1.96. The third-order valence-electron chi connectivity index (χ3n) is 4.22. The molecule has 0 saturated heterocycles. The van der Waals surface area contributed by atoms with Gasteiger partial charge in [-0.3, -0.25) is 0 Å². The number of thiophene rings is 1. The summed E-state index contributed by atoms with van der Waals surface area (Å²) in [6.45, 7) is 4.36. The maximum absolute atomic E-state index is 10.5. The number of rotatable bonds is 4. The van der Waals surface area contributed by atoms with Gasteiger partial charge in [-0.1, -0.05) is 13.8 Å². The first-order valence-electron chi connectivity index (χ1n) is 7.01. The lowest BCUT2D eigenvalue weighted by atomic mass is 9.76. The second-order valence-corrected chi connectivity index (χ2v) is 6.98. The van der Waals surface area contributed by atoms with Gasteiger partial charge in [-0.2, -0.15) is 0 Å². The summed E-state index contributed by atoms with van der Waals surface area (Å²) in [5.41, 5.74) is -0.858. The molecule has 1 saturated carbocycles. The molecule has 102 valence electrons. The molecule has 0 spiro atoms. The molecule has 1 aliphatic rings. The topological polar surface area (TPSA) is 40.5 Å². The molecular formula is C15H24O2S. The van der Waals surface area contributed by atoms with Gasteiger partial charge < -0.3 is 10.2 Å². The number of hydrogen-bond donors (Lipinski definition) is 2. The van der Waals surface area contributed by atoms with Crippen LogP contribution in [-0.2, 0) is 12.8 Å². The van der Waals surface area contributed by atoms with Crippen molar-refractivity contribution in [3.05, 3.63) is 21.9 Å². The molecule has 1 heterocycles. The Hall–Kier alpha value is -0.380. The maximum atomic E-state index is 10.5. The summed E-state index contributed by atoms with van der Waals surface area (Å²) in [5, 5.41) is 20.8. The van der Waals surface area contributed by atoms with Gasteiger partial charge in [0.15, 0.2) is 0 Å². The van der Waals surface area contributed by atoms with Crippen molar-refractivity contribution >= 4 is 11.3 Å². The molecule has 1 unspecified atom stereocenters. The fourth-order valence-corrected chi connectivity index (χ4v) is 3.69. The van der Waals surface area contributed by atoms with Gasteiger partial charge in [0, 0.05) is 16.2 Å². The molecule has 1 aromatic heterocycles. The zero-order chi connectivity index (χ0) is 13.2. The van der Waals surface area contributed by atoms with Crippen LogP contribution in [0.1, 0.15) is 49.3 Å². The van der Waals surface area contributed by atoms with E-state index in [1.54, 1.807) is 11.3 Å². The third-order valence-corrected chi connectivity index (χ3v) is 5.47. The van der Waals surface area contributed by atoms with Crippen molar-refractivity contribution in [1.82, 2.24) is 0 Å². The molecule has 2 rings (SSSR count). The highest BCUT2D eigenvalue weighted by Crippen LogP contribution is 2.35. The highest BCUT2D eigenvalue weighted by atomic mass is 32.1. The van der Waals surface area contributed by atoms with Crippen molar-refractivity contribution < 1.29 is 10.2 Å². The summed E-state index contributed by atoms with van der Waals surface area (Å²) >= 11 is 1.75. The standard InChI is InChI=1S/C15H24O2S/c1-3-12-4-5-13(18-12)10-14(16)15(17)8-6-11(2)7-9-15/h4-5,11,14,16-17H,3,6-10H2,1-2H3. The van der Waals surface area contributed by atoms with E-state index in [4.69, 9.17) is 0 Å². The van der Waals surface area contributed by atoms with E-state index in [1.165, 1.54) is 9.75 Å². The largest absolute Gasteiger partial charge is 0.390 e. The van der Waals surface area contributed by atoms with Gasteiger partial charge in [0.2, 0.25) is 0 Å². The third kappa shape index (κ3) is 3.14. The number of aliphatic hydroxyl groups is 2. The highest BCUT2D eigenvalue weighted by molar-refractivity contribution is 7.11. The van der Waals surface area contributed by atoms with Gasteiger partial charge >= 0.3 is 0 Å². The van der Waals surface area contributed by atoms with Crippen molar-refractivity contribution in [2.24, 2.45) is 5.92 Å². The van der Waals surface area contributed by atoms with Gasteiger partial charge in [-0.05, 0) is 50.2 Å². The molecule has 0 aliphatic heterocycles. The molecule has 1 fully saturated rings. The molecule has 0 aromatic carbocycles. The molecule has 3 heteroatoms. The van der Waals surface area contributed by atoms with E-state index in [1.807, 2.05) is 0 Å². The predicted molar refractivity (Wildman–Crippen MR) is 76.0 cm³/mol. The Morgan fingerprint density at radius 1 is 1.33 bits per heavy atom. The second kappa shape index (κ2) is 5.72. The fraction of sp³-hybridized carbons (Fsp3) is 0.733. The lowest BCUT2D eigenvalue weighted by molar-refractivity contribution is -0.102. The average Bonchev–Trinajstić information content (AvgIpc) is 2.81. The first kappa shape index (κ1) is 14.0. The van der Waals surface area contributed by atoms with E-state index in [0.717, 1.165) is 32.1 Å². The van der Waals surface area contributed by atoms with Gasteiger partial charge in [0.1, 0.15) is 0 Å². The van der Waals surface area contributed by atoms with Crippen molar-refractivity contribution in [2.45, 2.75) is 64.1 Å². The molecule has 0 bridgehead atoms. The Bertz CT molecular complexity index is 378. The molecule has 2 nitrogen and oxygen atoms in total. The fourth-order valence-electron chi connectivity index (χ4n) is 2.70. The van der Waals surface area contributed by atoms with E-state index in [-0.39, 0.29) is 0 Å². The van der Waals surface area contributed by atoms with Crippen LogP contribution in [0.4, 0.5) is 0 Å².